The highest BCUT2D eigenvalue weighted by Gasteiger charge is 2.17. The molecule has 0 atom stereocenters. The summed E-state index contributed by atoms with van der Waals surface area (Å²) >= 11 is 0. The molecule has 0 unspecified atom stereocenters. The molecule has 0 N–H and O–H groups in total. The smallest absolute Gasteiger partial charge is 0.0157 e. The fourth-order valence-electron chi connectivity index (χ4n) is 3.13. The van der Waals surface area contributed by atoms with Gasteiger partial charge in [-0.05, 0) is 59.8 Å². The van der Waals surface area contributed by atoms with Crippen molar-refractivity contribution >= 4 is 0 Å². The van der Waals surface area contributed by atoms with Gasteiger partial charge in [-0.25, -0.2) is 0 Å². The van der Waals surface area contributed by atoms with Crippen molar-refractivity contribution in [2.75, 3.05) is 0 Å². The second-order valence-corrected chi connectivity index (χ2v) is 6.06. The van der Waals surface area contributed by atoms with Crippen molar-refractivity contribution in [2.24, 2.45) is 11.8 Å². The molecule has 0 nitrogen and oxygen atoms in total. The van der Waals surface area contributed by atoms with E-state index in [1.165, 1.54) is 12.8 Å². The van der Waals surface area contributed by atoms with Gasteiger partial charge in [-0.3, -0.25) is 0 Å². The van der Waals surface area contributed by atoms with Gasteiger partial charge >= 0.3 is 0 Å². The normalized spacial score (nSPS) is 19.2. The third-order valence-electron chi connectivity index (χ3n) is 4.05. The molecular weight excluding hydrogens is 216 g/mol. The van der Waals surface area contributed by atoms with Gasteiger partial charge in [0.25, 0.3) is 0 Å². The molecule has 0 aliphatic heterocycles. The van der Waals surface area contributed by atoms with Crippen LogP contribution in [0.25, 0.3) is 0 Å². The summed E-state index contributed by atoms with van der Waals surface area (Å²) in [6, 6.07) is 0. The first-order valence-corrected chi connectivity index (χ1v) is 7.38. The Bertz CT molecular complexity index is 383. The minimum Gasteiger partial charge on any atom is -0.0772 e. The van der Waals surface area contributed by atoms with Gasteiger partial charge in [-0.15, -0.1) is 0 Å². The zero-order valence-electron chi connectivity index (χ0n) is 12.3. The number of allylic oxidation sites excluding steroid dienone is 8. The van der Waals surface area contributed by atoms with E-state index in [0.29, 0.717) is 11.8 Å². The molecule has 0 heterocycles. The monoisotopic (exact) mass is 242 g/mol. The predicted octanol–water partition coefficient (Wildman–Crippen LogP) is 5.59. The molecule has 0 saturated heterocycles. The summed E-state index contributed by atoms with van der Waals surface area (Å²) in [5.41, 5.74) is 6.37. The minimum absolute atomic E-state index is 0.677. The van der Waals surface area contributed by atoms with Gasteiger partial charge in [0.15, 0.2) is 0 Å². The Morgan fingerprint density at radius 1 is 0.722 bits per heavy atom. The lowest BCUT2D eigenvalue weighted by atomic mass is 9.90. The first-order valence-electron chi connectivity index (χ1n) is 7.38. The van der Waals surface area contributed by atoms with Crippen LogP contribution in [0.1, 0.15) is 53.4 Å². The van der Waals surface area contributed by atoms with E-state index >= 15 is 0 Å². The molecule has 0 aromatic rings. The lowest BCUT2D eigenvalue weighted by Crippen LogP contribution is -1.99. The lowest BCUT2D eigenvalue weighted by Gasteiger charge is -2.15. The molecule has 0 bridgehead atoms. The van der Waals surface area contributed by atoms with E-state index in [1.807, 2.05) is 0 Å². The highest BCUT2D eigenvalue weighted by molar-refractivity contribution is 5.42. The quantitative estimate of drug-likeness (QED) is 0.589. The summed E-state index contributed by atoms with van der Waals surface area (Å²) in [6.45, 7) is 9.22. The molecule has 0 radical (unpaired) electrons. The number of hydrogen-bond acceptors (Lipinski definition) is 0. The SMILES string of the molecule is CC(C)C1=CCC=C1CCC1=CCC=C1C(C)C. The molecule has 2 rings (SSSR count). The zero-order chi connectivity index (χ0) is 13.1. The summed E-state index contributed by atoms with van der Waals surface area (Å²) < 4.78 is 0. The number of hydrogen-bond donors (Lipinski definition) is 0. The van der Waals surface area contributed by atoms with Crippen molar-refractivity contribution in [1.29, 1.82) is 0 Å². The lowest BCUT2D eigenvalue weighted by molar-refractivity contribution is 0.743. The van der Waals surface area contributed by atoms with Crippen molar-refractivity contribution in [1.82, 2.24) is 0 Å². The van der Waals surface area contributed by atoms with E-state index in [1.54, 1.807) is 22.3 Å². The molecule has 0 heteroatoms. The van der Waals surface area contributed by atoms with Gasteiger partial charge in [0, 0.05) is 0 Å². The Morgan fingerprint density at radius 3 is 1.44 bits per heavy atom. The molecule has 0 fully saturated rings. The first-order chi connectivity index (χ1) is 8.59. The topological polar surface area (TPSA) is 0 Å². The second kappa shape index (κ2) is 5.73. The fraction of sp³-hybridized carbons (Fsp3) is 0.556. The van der Waals surface area contributed by atoms with Gasteiger partial charge < -0.3 is 0 Å². The van der Waals surface area contributed by atoms with E-state index in [-0.39, 0.29) is 0 Å². The van der Waals surface area contributed by atoms with Crippen LogP contribution in [0.3, 0.4) is 0 Å². The van der Waals surface area contributed by atoms with Crippen LogP contribution >= 0.6 is 0 Å². The van der Waals surface area contributed by atoms with Crippen LogP contribution in [-0.2, 0) is 0 Å². The molecule has 0 amide bonds. The van der Waals surface area contributed by atoms with Crippen molar-refractivity contribution in [3.63, 3.8) is 0 Å². The highest BCUT2D eigenvalue weighted by Crippen LogP contribution is 2.34. The van der Waals surface area contributed by atoms with E-state index < -0.39 is 0 Å². The zero-order valence-corrected chi connectivity index (χ0v) is 12.3. The average Bonchev–Trinajstić information content (AvgIpc) is 2.94. The summed E-state index contributed by atoms with van der Waals surface area (Å²) in [6.07, 6.45) is 14.4. The Labute approximate surface area is 112 Å². The fourth-order valence-corrected chi connectivity index (χ4v) is 3.13. The molecule has 0 spiro atoms. The standard InChI is InChI=1S/C18H26/c1-13(2)17-9-5-7-15(17)11-12-16-8-6-10-18(16)14(3)4/h7-10,13-14H,5-6,11-12H2,1-4H3. The molecule has 18 heavy (non-hydrogen) atoms. The van der Waals surface area contributed by atoms with Crippen LogP contribution in [-0.4, -0.2) is 0 Å². The first kappa shape index (κ1) is 13.4. The van der Waals surface area contributed by atoms with Gasteiger partial charge in [0.2, 0.25) is 0 Å². The van der Waals surface area contributed by atoms with Crippen molar-refractivity contribution in [2.45, 2.75) is 53.4 Å². The molecule has 2 aliphatic carbocycles. The maximum atomic E-state index is 2.42. The van der Waals surface area contributed by atoms with Gasteiger partial charge in [-0.2, -0.15) is 0 Å². The van der Waals surface area contributed by atoms with Gasteiger partial charge in [0.05, 0.1) is 0 Å². The third kappa shape index (κ3) is 2.85. The van der Waals surface area contributed by atoms with Crippen LogP contribution in [0.5, 0.6) is 0 Å². The maximum absolute atomic E-state index is 2.42. The summed E-state index contributed by atoms with van der Waals surface area (Å²) in [4.78, 5) is 0. The van der Waals surface area contributed by atoms with Crippen LogP contribution < -0.4 is 0 Å². The predicted molar refractivity (Wildman–Crippen MR) is 80.5 cm³/mol. The van der Waals surface area contributed by atoms with Gasteiger partial charge in [-0.1, -0.05) is 52.0 Å². The third-order valence-corrected chi connectivity index (χ3v) is 4.05. The van der Waals surface area contributed by atoms with Crippen LogP contribution in [0.2, 0.25) is 0 Å². The minimum atomic E-state index is 0.677. The molecule has 0 aromatic heterocycles. The van der Waals surface area contributed by atoms with Crippen LogP contribution in [0.4, 0.5) is 0 Å². The molecular formula is C18H26. The summed E-state index contributed by atoms with van der Waals surface area (Å²) in [7, 11) is 0. The average molecular weight is 242 g/mol. The van der Waals surface area contributed by atoms with Crippen LogP contribution in [0, 0.1) is 11.8 Å². The van der Waals surface area contributed by atoms with E-state index in [4.69, 9.17) is 0 Å². The second-order valence-electron chi connectivity index (χ2n) is 6.06. The Kier molecular flexibility index (Phi) is 4.27. The van der Waals surface area contributed by atoms with Crippen molar-refractivity contribution < 1.29 is 0 Å². The van der Waals surface area contributed by atoms with E-state index in [2.05, 4.69) is 52.0 Å². The number of rotatable bonds is 5. The Balaban J connectivity index is 1.94. The molecule has 0 saturated carbocycles. The Morgan fingerprint density at radius 2 is 1.11 bits per heavy atom. The van der Waals surface area contributed by atoms with Crippen molar-refractivity contribution in [3.05, 3.63) is 46.6 Å². The maximum Gasteiger partial charge on any atom is -0.0157 e. The van der Waals surface area contributed by atoms with Crippen LogP contribution in [0.15, 0.2) is 46.6 Å². The molecule has 98 valence electrons. The summed E-state index contributed by atoms with van der Waals surface area (Å²) in [5, 5.41) is 0. The van der Waals surface area contributed by atoms with Gasteiger partial charge in [0.1, 0.15) is 0 Å². The largest absolute Gasteiger partial charge is 0.0772 e. The highest BCUT2D eigenvalue weighted by atomic mass is 14.2. The molecule has 0 aromatic carbocycles. The molecule has 2 aliphatic rings. The Hall–Kier alpha value is -1.04. The van der Waals surface area contributed by atoms with Crippen molar-refractivity contribution in [3.8, 4) is 0 Å². The summed E-state index contributed by atoms with van der Waals surface area (Å²) in [5.74, 6) is 1.35. The van der Waals surface area contributed by atoms with E-state index in [9.17, 15) is 0 Å². The van der Waals surface area contributed by atoms with E-state index in [0.717, 1.165) is 12.8 Å².